The quantitative estimate of drug-likeness (QED) is 0.802. The van der Waals surface area contributed by atoms with Gasteiger partial charge in [0.15, 0.2) is 0 Å². The molecule has 1 N–H and O–H groups in total. The van der Waals surface area contributed by atoms with E-state index in [0.29, 0.717) is 5.56 Å². The normalized spacial score (nSPS) is 12.4. The van der Waals surface area contributed by atoms with Gasteiger partial charge >= 0.3 is 0 Å². The Balaban J connectivity index is 2.47. The summed E-state index contributed by atoms with van der Waals surface area (Å²) in [5, 5.41) is 4.29. The Labute approximate surface area is 131 Å². The third-order valence-corrected chi connectivity index (χ3v) is 4.14. The molecule has 0 fully saturated rings. The molecule has 3 heteroatoms. The Morgan fingerprint density at radius 2 is 1.95 bits per heavy atom. The maximum absolute atomic E-state index is 13.5. The fourth-order valence-corrected chi connectivity index (χ4v) is 2.66. The van der Waals surface area contributed by atoms with E-state index >= 15 is 0 Å². The topological polar surface area (TPSA) is 12.0 Å². The average Bonchev–Trinajstić information content (AvgIpc) is 2.47. The molecular weight excluding hydrogens is 285 g/mol. The van der Waals surface area contributed by atoms with Crippen molar-refractivity contribution >= 4 is 11.6 Å². The summed E-state index contributed by atoms with van der Waals surface area (Å²) in [5.74, 6) is -0.171. The van der Waals surface area contributed by atoms with Gasteiger partial charge < -0.3 is 5.32 Å². The Morgan fingerprint density at radius 1 is 1.19 bits per heavy atom. The van der Waals surface area contributed by atoms with Crippen molar-refractivity contribution < 1.29 is 4.39 Å². The van der Waals surface area contributed by atoms with Gasteiger partial charge in [-0.2, -0.15) is 0 Å². The van der Waals surface area contributed by atoms with Gasteiger partial charge in [-0.05, 0) is 61.2 Å². The molecule has 1 atom stereocenters. The number of rotatable bonds is 5. The Morgan fingerprint density at radius 3 is 2.62 bits per heavy atom. The van der Waals surface area contributed by atoms with E-state index in [1.54, 1.807) is 6.92 Å². The molecule has 2 aromatic carbocycles. The van der Waals surface area contributed by atoms with Crippen LogP contribution in [0.4, 0.5) is 4.39 Å². The maximum atomic E-state index is 13.5. The van der Waals surface area contributed by atoms with Crippen molar-refractivity contribution in [2.24, 2.45) is 0 Å². The second-order valence-corrected chi connectivity index (χ2v) is 5.76. The summed E-state index contributed by atoms with van der Waals surface area (Å²) in [7, 11) is 0. The minimum absolute atomic E-state index is 0.0305. The molecule has 0 amide bonds. The van der Waals surface area contributed by atoms with Crippen molar-refractivity contribution in [2.75, 3.05) is 6.54 Å². The Kier molecular flexibility index (Phi) is 5.38. The molecule has 0 aliphatic rings. The average molecular weight is 306 g/mol. The highest BCUT2D eigenvalue weighted by atomic mass is 35.5. The second kappa shape index (κ2) is 7.06. The minimum atomic E-state index is -0.171. The molecule has 0 heterocycles. The fourth-order valence-electron chi connectivity index (χ4n) is 2.48. The molecule has 112 valence electrons. The van der Waals surface area contributed by atoms with E-state index in [2.05, 4.69) is 18.3 Å². The van der Waals surface area contributed by atoms with E-state index in [0.717, 1.165) is 34.7 Å². The standard InChI is InChI=1S/C18H21ClFN/c1-4-10-21-18(14-8-9-17(20)12(2)11-14)15-6-5-7-16(19)13(15)3/h5-9,11,18,21H,4,10H2,1-3H3. The molecule has 0 aliphatic carbocycles. The van der Waals surface area contributed by atoms with E-state index in [9.17, 15) is 4.39 Å². The molecule has 0 aliphatic heterocycles. The first-order valence-electron chi connectivity index (χ1n) is 7.29. The van der Waals surface area contributed by atoms with Crippen LogP contribution >= 0.6 is 11.6 Å². The van der Waals surface area contributed by atoms with Crippen molar-refractivity contribution in [3.63, 3.8) is 0 Å². The molecule has 1 nitrogen and oxygen atoms in total. The van der Waals surface area contributed by atoms with Crippen LogP contribution in [0.15, 0.2) is 36.4 Å². The van der Waals surface area contributed by atoms with Gasteiger partial charge in [-0.3, -0.25) is 0 Å². The number of hydrogen-bond acceptors (Lipinski definition) is 1. The molecule has 2 rings (SSSR count). The van der Waals surface area contributed by atoms with Crippen LogP contribution < -0.4 is 5.32 Å². The first kappa shape index (κ1) is 16.0. The predicted molar refractivity (Wildman–Crippen MR) is 87.5 cm³/mol. The number of hydrogen-bond donors (Lipinski definition) is 1. The van der Waals surface area contributed by atoms with Crippen LogP contribution in [0, 0.1) is 19.7 Å². The molecule has 0 aromatic heterocycles. The van der Waals surface area contributed by atoms with Gasteiger partial charge in [-0.15, -0.1) is 0 Å². The lowest BCUT2D eigenvalue weighted by Crippen LogP contribution is -2.24. The fraction of sp³-hybridized carbons (Fsp3) is 0.333. The molecule has 0 saturated carbocycles. The maximum Gasteiger partial charge on any atom is 0.126 e. The Hall–Kier alpha value is -1.38. The molecule has 0 radical (unpaired) electrons. The predicted octanol–water partition coefficient (Wildman–Crippen LogP) is 5.18. The van der Waals surface area contributed by atoms with Gasteiger partial charge in [-0.1, -0.05) is 42.8 Å². The van der Waals surface area contributed by atoms with Gasteiger partial charge in [0.1, 0.15) is 5.82 Å². The van der Waals surface area contributed by atoms with Gasteiger partial charge in [0, 0.05) is 5.02 Å². The van der Waals surface area contributed by atoms with E-state index in [1.165, 1.54) is 6.07 Å². The largest absolute Gasteiger partial charge is 0.306 e. The minimum Gasteiger partial charge on any atom is -0.306 e. The lowest BCUT2D eigenvalue weighted by Gasteiger charge is -2.22. The van der Waals surface area contributed by atoms with E-state index in [1.807, 2.05) is 31.2 Å². The van der Waals surface area contributed by atoms with Crippen molar-refractivity contribution in [3.05, 3.63) is 69.5 Å². The van der Waals surface area contributed by atoms with Crippen LogP contribution in [0.3, 0.4) is 0 Å². The molecule has 0 spiro atoms. The summed E-state index contributed by atoms with van der Waals surface area (Å²) in [6, 6.07) is 11.2. The van der Waals surface area contributed by atoms with Gasteiger partial charge in [0.05, 0.1) is 6.04 Å². The lowest BCUT2D eigenvalue weighted by atomic mass is 9.93. The highest BCUT2D eigenvalue weighted by molar-refractivity contribution is 6.31. The first-order chi connectivity index (χ1) is 10.0. The van der Waals surface area contributed by atoms with E-state index < -0.39 is 0 Å². The molecular formula is C18H21ClFN. The van der Waals surface area contributed by atoms with Crippen LogP contribution in [0.2, 0.25) is 5.02 Å². The lowest BCUT2D eigenvalue weighted by molar-refractivity contribution is 0.588. The van der Waals surface area contributed by atoms with Crippen LogP contribution in [-0.2, 0) is 0 Å². The Bertz CT molecular complexity index is 625. The zero-order valence-electron chi connectivity index (χ0n) is 12.7. The van der Waals surface area contributed by atoms with Crippen molar-refractivity contribution in [2.45, 2.75) is 33.2 Å². The van der Waals surface area contributed by atoms with E-state index in [-0.39, 0.29) is 11.9 Å². The van der Waals surface area contributed by atoms with E-state index in [4.69, 9.17) is 11.6 Å². The van der Waals surface area contributed by atoms with Gasteiger partial charge in [0.2, 0.25) is 0 Å². The van der Waals surface area contributed by atoms with Crippen molar-refractivity contribution in [1.29, 1.82) is 0 Å². The van der Waals surface area contributed by atoms with Gasteiger partial charge in [0.25, 0.3) is 0 Å². The van der Waals surface area contributed by atoms with Crippen LogP contribution in [0.5, 0.6) is 0 Å². The molecule has 0 bridgehead atoms. The molecule has 0 saturated heterocycles. The molecule has 21 heavy (non-hydrogen) atoms. The van der Waals surface area contributed by atoms with Crippen molar-refractivity contribution in [3.8, 4) is 0 Å². The highest BCUT2D eigenvalue weighted by Gasteiger charge is 2.17. The SMILES string of the molecule is CCCNC(c1ccc(F)c(C)c1)c1cccc(Cl)c1C. The summed E-state index contributed by atoms with van der Waals surface area (Å²) in [4.78, 5) is 0. The number of benzene rings is 2. The smallest absolute Gasteiger partial charge is 0.126 e. The highest BCUT2D eigenvalue weighted by Crippen LogP contribution is 2.29. The third kappa shape index (κ3) is 3.63. The summed E-state index contributed by atoms with van der Waals surface area (Å²) < 4.78 is 13.5. The zero-order valence-corrected chi connectivity index (χ0v) is 13.5. The van der Waals surface area contributed by atoms with Crippen LogP contribution in [0.25, 0.3) is 0 Å². The summed E-state index contributed by atoms with van der Waals surface area (Å²) >= 11 is 6.25. The first-order valence-corrected chi connectivity index (χ1v) is 7.66. The molecule has 2 aromatic rings. The summed E-state index contributed by atoms with van der Waals surface area (Å²) in [6.45, 7) is 6.84. The summed E-state index contributed by atoms with van der Waals surface area (Å²) in [6.07, 6.45) is 1.04. The molecule has 1 unspecified atom stereocenters. The summed E-state index contributed by atoms with van der Waals surface area (Å²) in [5.41, 5.74) is 3.93. The van der Waals surface area contributed by atoms with Crippen LogP contribution in [0.1, 0.15) is 41.6 Å². The van der Waals surface area contributed by atoms with Gasteiger partial charge in [-0.25, -0.2) is 4.39 Å². The second-order valence-electron chi connectivity index (χ2n) is 5.35. The van der Waals surface area contributed by atoms with Crippen molar-refractivity contribution in [1.82, 2.24) is 5.32 Å². The monoisotopic (exact) mass is 305 g/mol. The number of aryl methyl sites for hydroxylation is 1. The number of halogens is 2. The van der Waals surface area contributed by atoms with Crippen LogP contribution in [-0.4, -0.2) is 6.54 Å². The number of nitrogens with one attached hydrogen (secondary N) is 1. The third-order valence-electron chi connectivity index (χ3n) is 3.73. The zero-order chi connectivity index (χ0) is 15.4.